The van der Waals surface area contributed by atoms with Gasteiger partial charge in [0.05, 0.1) is 6.61 Å². The number of nitrogens with zero attached hydrogens (tertiary/aromatic N) is 1. The molecule has 2 aromatic carbocycles. The van der Waals surface area contributed by atoms with Gasteiger partial charge in [0.1, 0.15) is 0 Å². The van der Waals surface area contributed by atoms with E-state index >= 15 is 0 Å². The molecule has 0 unspecified atom stereocenters. The van der Waals surface area contributed by atoms with E-state index in [4.69, 9.17) is 5.11 Å². The van der Waals surface area contributed by atoms with Crippen molar-refractivity contribution in [1.29, 1.82) is 0 Å². The largest absolute Gasteiger partial charge is 0.392 e. The Morgan fingerprint density at radius 1 is 1.09 bits per heavy atom. The molecule has 0 aliphatic rings. The number of aliphatic hydroxyl groups excluding tert-OH is 1. The molecule has 2 aromatic rings. The second kappa shape index (κ2) is 7.09. The Morgan fingerprint density at radius 3 is 2.32 bits per heavy atom. The highest BCUT2D eigenvalue weighted by Gasteiger charge is 2.09. The van der Waals surface area contributed by atoms with E-state index < -0.39 is 0 Å². The van der Waals surface area contributed by atoms with Crippen LogP contribution in [0.15, 0.2) is 42.5 Å². The number of amides is 1. The molecule has 0 aliphatic carbocycles. The predicted molar refractivity (Wildman–Crippen MR) is 88.9 cm³/mol. The number of hydrogen-bond acceptors (Lipinski definition) is 3. The van der Waals surface area contributed by atoms with E-state index in [1.165, 1.54) is 0 Å². The Morgan fingerprint density at radius 2 is 1.73 bits per heavy atom. The van der Waals surface area contributed by atoms with Crippen molar-refractivity contribution in [2.45, 2.75) is 20.1 Å². The van der Waals surface area contributed by atoms with E-state index in [2.05, 4.69) is 5.32 Å². The molecule has 2 rings (SSSR count). The lowest BCUT2D eigenvalue weighted by Gasteiger charge is -2.14. The molecule has 4 heteroatoms. The molecule has 1 amide bonds. The normalized spacial score (nSPS) is 10.4. The van der Waals surface area contributed by atoms with Crippen LogP contribution in [0.25, 0.3) is 0 Å². The lowest BCUT2D eigenvalue weighted by molar-refractivity contribution is 0.0827. The van der Waals surface area contributed by atoms with Crippen molar-refractivity contribution >= 4 is 11.6 Å². The van der Waals surface area contributed by atoms with Crippen LogP contribution in [0.4, 0.5) is 5.69 Å². The van der Waals surface area contributed by atoms with Crippen LogP contribution in [0.2, 0.25) is 0 Å². The third-order valence-electron chi connectivity index (χ3n) is 3.58. The molecule has 0 atom stereocenters. The van der Waals surface area contributed by atoms with E-state index in [-0.39, 0.29) is 12.5 Å². The molecule has 0 saturated heterocycles. The smallest absolute Gasteiger partial charge is 0.253 e. The summed E-state index contributed by atoms with van der Waals surface area (Å²) in [6.07, 6.45) is 0. The van der Waals surface area contributed by atoms with Crippen molar-refractivity contribution in [3.8, 4) is 0 Å². The molecular formula is C18H22N2O2. The second-order valence-electron chi connectivity index (χ2n) is 5.56. The van der Waals surface area contributed by atoms with Crippen LogP contribution in [-0.2, 0) is 13.2 Å². The Hall–Kier alpha value is -2.33. The molecule has 0 fully saturated rings. The summed E-state index contributed by atoms with van der Waals surface area (Å²) < 4.78 is 0. The maximum atomic E-state index is 12.0. The zero-order chi connectivity index (χ0) is 16.1. The monoisotopic (exact) mass is 298 g/mol. The molecular weight excluding hydrogens is 276 g/mol. The average Bonchev–Trinajstić information content (AvgIpc) is 2.53. The number of rotatable bonds is 5. The van der Waals surface area contributed by atoms with Crippen molar-refractivity contribution < 1.29 is 9.90 Å². The zero-order valence-electron chi connectivity index (χ0n) is 13.3. The van der Waals surface area contributed by atoms with E-state index in [1.54, 1.807) is 19.0 Å². The van der Waals surface area contributed by atoms with Crippen molar-refractivity contribution in [2.24, 2.45) is 0 Å². The van der Waals surface area contributed by atoms with E-state index in [9.17, 15) is 4.79 Å². The minimum atomic E-state index is -0.00431. The Labute approximate surface area is 131 Å². The number of hydrogen-bond donors (Lipinski definition) is 2. The van der Waals surface area contributed by atoms with Gasteiger partial charge in [-0.15, -0.1) is 0 Å². The van der Waals surface area contributed by atoms with Crippen molar-refractivity contribution in [2.75, 3.05) is 19.4 Å². The van der Waals surface area contributed by atoms with E-state index in [0.717, 1.165) is 22.4 Å². The molecule has 22 heavy (non-hydrogen) atoms. The van der Waals surface area contributed by atoms with Gasteiger partial charge in [-0.1, -0.05) is 30.3 Å². The average molecular weight is 298 g/mol. The van der Waals surface area contributed by atoms with Crippen LogP contribution in [-0.4, -0.2) is 30.0 Å². The van der Waals surface area contributed by atoms with Gasteiger partial charge in [-0.05, 0) is 35.7 Å². The summed E-state index contributed by atoms with van der Waals surface area (Å²) in [4.78, 5) is 13.6. The maximum Gasteiger partial charge on any atom is 0.253 e. The first kappa shape index (κ1) is 16.0. The highest BCUT2D eigenvalue weighted by molar-refractivity contribution is 5.95. The Kier molecular flexibility index (Phi) is 5.17. The van der Waals surface area contributed by atoms with Crippen LogP contribution < -0.4 is 5.32 Å². The number of carbonyl (C=O) groups is 1. The summed E-state index contributed by atoms with van der Waals surface area (Å²) in [6.45, 7) is 2.74. The number of anilines is 1. The highest BCUT2D eigenvalue weighted by atomic mass is 16.3. The van der Waals surface area contributed by atoms with Crippen LogP contribution in [0.3, 0.4) is 0 Å². The summed E-state index contributed by atoms with van der Waals surface area (Å²) in [5, 5.41) is 12.4. The summed E-state index contributed by atoms with van der Waals surface area (Å²) in [7, 11) is 3.50. The fourth-order valence-corrected chi connectivity index (χ4v) is 2.16. The van der Waals surface area contributed by atoms with Crippen LogP contribution in [0.5, 0.6) is 0 Å². The van der Waals surface area contributed by atoms with E-state index in [0.29, 0.717) is 12.1 Å². The predicted octanol–water partition coefficient (Wildman–Crippen LogP) is 2.80. The third kappa shape index (κ3) is 3.86. The molecule has 0 aromatic heterocycles. The van der Waals surface area contributed by atoms with Gasteiger partial charge in [-0.25, -0.2) is 0 Å². The van der Waals surface area contributed by atoms with Crippen LogP contribution in [0.1, 0.15) is 27.0 Å². The lowest BCUT2D eigenvalue weighted by Crippen LogP contribution is -2.21. The molecule has 0 saturated carbocycles. The maximum absolute atomic E-state index is 12.0. The molecule has 116 valence electrons. The number of nitrogens with one attached hydrogen (secondary N) is 1. The van der Waals surface area contributed by atoms with Gasteiger partial charge >= 0.3 is 0 Å². The minimum Gasteiger partial charge on any atom is -0.392 e. The fraction of sp³-hybridized carbons (Fsp3) is 0.278. The minimum absolute atomic E-state index is 0.00431. The van der Waals surface area contributed by atoms with E-state index in [1.807, 2.05) is 49.4 Å². The fourth-order valence-electron chi connectivity index (χ4n) is 2.16. The van der Waals surface area contributed by atoms with Gasteiger partial charge in [-0.2, -0.15) is 0 Å². The van der Waals surface area contributed by atoms with Gasteiger partial charge in [0.2, 0.25) is 0 Å². The molecule has 4 nitrogen and oxygen atoms in total. The summed E-state index contributed by atoms with van der Waals surface area (Å²) in [5.41, 5.74) is 4.76. The number of aryl methyl sites for hydroxylation is 1. The molecule has 0 bridgehead atoms. The first-order valence-electron chi connectivity index (χ1n) is 7.26. The van der Waals surface area contributed by atoms with Gasteiger partial charge in [0.25, 0.3) is 5.91 Å². The van der Waals surface area contributed by atoms with Crippen molar-refractivity contribution in [3.63, 3.8) is 0 Å². The lowest BCUT2D eigenvalue weighted by atomic mass is 10.1. The Balaban J connectivity index is 2.11. The molecule has 0 radical (unpaired) electrons. The summed E-state index contributed by atoms with van der Waals surface area (Å²) >= 11 is 0. The SMILES string of the molecule is Cc1ccc(C(=O)N(C)C)cc1NCc1ccc(CO)cc1. The topological polar surface area (TPSA) is 52.6 Å². The van der Waals surface area contributed by atoms with Crippen molar-refractivity contribution in [1.82, 2.24) is 4.90 Å². The quantitative estimate of drug-likeness (QED) is 0.892. The van der Waals surface area contributed by atoms with Gasteiger partial charge in [0.15, 0.2) is 0 Å². The second-order valence-corrected chi connectivity index (χ2v) is 5.56. The van der Waals surface area contributed by atoms with Gasteiger partial charge in [0, 0.05) is 31.9 Å². The van der Waals surface area contributed by atoms with Gasteiger partial charge in [-0.3, -0.25) is 4.79 Å². The summed E-state index contributed by atoms with van der Waals surface area (Å²) in [6, 6.07) is 13.5. The van der Waals surface area contributed by atoms with Gasteiger partial charge < -0.3 is 15.3 Å². The van der Waals surface area contributed by atoms with Crippen molar-refractivity contribution in [3.05, 3.63) is 64.7 Å². The molecule has 0 aliphatic heterocycles. The molecule has 0 heterocycles. The first-order valence-corrected chi connectivity index (χ1v) is 7.26. The van der Waals surface area contributed by atoms with Crippen LogP contribution in [0, 0.1) is 6.92 Å². The Bertz CT molecular complexity index is 649. The first-order chi connectivity index (χ1) is 10.5. The summed E-state index contributed by atoms with van der Waals surface area (Å²) in [5.74, 6) is -0.00431. The van der Waals surface area contributed by atoms with Crippen LogP contribution >= 0.6 is 0 Å². The number of carbonyl (C=O) groups excluding carboxylic acids is 1. The molecule has 0 spiro atoms. The molecule has 2 N–H and O–H groups in total. The third-order valence-corrected chi connectivity index (χ3v) is 3.58. The number of benzene rings is 2. The highest BCUT2D eigenvalue weighted by Crippen LogP contribution is 2.19. The standard InChI is InChI=1S/C18H22N2O2/c1-13-4-9-16(18(22)20(2)3)10-17(13)19-11-14-5-7-15(12-21)8-6-14/h4-10,19,21H,11-12H2,1-3H3. The zero-order valence-corrected chi connectivity index (χ0v) is 13.3. The number of aliphatic hydroxyl groups is 1.